The Balaban J connectivity index is 2.37. The molecule has 2 N–H and O–H groups in total. The minimum absolute atomic E-state index is 0.149. The Labute approximate surface area is 92.9 Å². The van der Waals surface area contributed by atoms with Crippen molar-refractivity contribution in [3.63, 3.8) is 0 Å². The van der Waals surface area contributed by atoms with Gasteiger partial charge in [0.1, 0.15) is 0 Å². The average molecular weight is 222 g/mol. The first-order valence-corrected chi connectivity index (χ1v) is 5.88. The van der Waals surface area contributed by atoms with Gasteiger partial charge in [-0.25, -0.2) is 4.98 Å². The number of thiophene rings is 1. The summed E-state index contributed by atoms with van der Waals surface area (Å²) in [5.74, 6) is 1.43. The highest BCUT2D eigenvalue weighted by Gasteiger charge is 2.12. The van der Waals surface area contributed by atoms with Gasteiger partial charge in [0, 0.05) is 0 Å². The molecule has 0 aliphatic heterocycles. The van der Waals surface area contributed by atoms with Gasteiger partial charge in [-0.3, -0.25) is 0 Å². The second-order valence-electron chi connectivity index (χ2n) is 3.48. The number of hydrogen-bond acceptors (Lipinski definition) is 4. The SMILES string of the molecule is CCc1ccsc1-c1cnc(C(C)N)o1. The van der Waals surface area contributed by atoms with Gasteiger partial charge >= 0.3 is 0 Å². The van der Waals surface area contributed by atoms with E-state index >= 15 is 0 Å². The van der Waals surface area contributed by atoms with Gasteiger partial charge in [-0.05, 0) is 30.4 Å². The number of aromatic nitrogens is 1. The second-order valence-corrected chi connectivity index (χ2v) is 4.40. The molecule has 15 heavy (non-hydrogen) atoms. The van der Waals surface area contributed by atoms with Crippen LogP contribution in [-0.2, 0) is 6.42 Å². The molecule has 3 nitrogen and oxygen atoms in total. The van der Waals surface area contributed by atoms with Gasteiger partial charge in [0.25, 0.3) is 0 Å². The standard InChI is InChI=1S/C11H14N2OS/c1-3-8-4-5-15-10(8)9-6-13-11(14-9)7(2)12/h4-7H,3,12H2,1-2H3. The Morgan fingerprint density at radius 3 is 3.00 bits per heavy atom. The fourth-order valence-electron chi connectivity index (χ4n) is 1.43. The van der Waals surface area contributed by atoms with Crippen LogP contribution in [0.25, 0.3) is 10.6 Å². The normalized spacial score (nSPS) is 13.0. The number of rotatable bonds is 3. The Morgan fingerprint density at radius 1 is 1.60 bits per heavy atom. The summed E-state index contributed by atoms with van der Waals surface area (Å²) in [5.41, 5.74) is 7.00. The maximum Gasteiger partial charge on any atom is 0.211 e. The molecule has 0 saturated heterocycles. The molecule has 2 heterocycles. The topological polar surface area (TPSA) is 52.0 Å². The average Bonchev–Trinajstić information content (AvgIpc) is 2.85. The van der Waals surface area contributed by atoms with Crippen molar-refractivity contribution in [1.29, 1.82) is 0 Å². The molecule has 1 unspecified atom stereocenters. The number of nitrogens with two attached hydrogens (primary N) is 1. The lowest BCUT2D eigenvalue weighted by molar-refractivity contribution is 0.474. The first kappa shape index (κ1) is 10.4. The number of oxazole rings is 1. The zero-order valence-electron chi connectivity index (χ0n) is 8.86. The molecular formula is C11H14N2OS. The summed E-state index contributed by atoms with van der Waals surface area (Å²) in [4.78, 5) is 5.33. The molecule has 0 aliphatic carbocycles. The van der Waals surface area contributed by atoms with E-state index < -0.39 is 0 Å². The maximum atomic E-state index is 5.70. The first-order valence-electron chi connectivity index (χ1n) is 5.00. The molecule has 80 valence electrons. The van der Waals surface area contributed by atoms with Crippen molar-refractivity contribution in [2.75, 3.05) is 0 Å². The van der Waals surface area contributed by atoms with Crippen LogP contribution in [-0.4, -0.2) is 4.98 Å². The van der Waals surface area contributed by atoms with Crippen LogP contribution in [0.2, 0.25) is 0 Å². The molecule has 0 fully saturated rings. The predicted octanol–water partition coefficient (Wildman–Crippen LogP) is 2.99. The number of aryl methyl sites for hydroxylation is 1. The van der Waals surface area contributed by atoms with E-state index in [4.69, 9.17) is 10.2 Å². The van der Waals surface area contributed by atoms with Crippen molar-refractivity contribution in [1.82, 2.24) is 4.98 Å². The van der Waals surface area contributed by atoms with E-state index in [2.05, 4.69) is 23.4 Å². The highest BCUT2D eigenvalue weighted by atomic mass is 32.1. The molecular weight excluding hydrogens is 208 g/mol. The Bertz CT molecular complexity index is 445. The van der Waals surface area contributed by atoms with E-state index in [1.807, 2.05) is 6.92 Å². The Hall–Kier alpha value is -1.13. The van der Waals surface area contributed by atoms with E-state index in [0.717, 1.165) is 17.1 Å². The maximum absolute atomic E-state index is 5.70. The van der Waals surface area contributed by atoms with Crippen LogP contribution in [0.15, 0.2) is 22.1 Å². The van der Waals surface area contributed by atoms with Gasteiger partial charge in [-0.15, -0.1) is 11.3 Å². The second kappa shape index (κ2) is 4.16. The van der Waals surface area contributed by atoms with E-state index in [9.17, 15) is 0 Å². The van der Waals surface area contributed by atoms with Crippen LogP contribution >= 0.6 is 11.3 Å². The van der Waals surface area contributed by atoms with Gasteiger partial charge in [0.15, 0.2) is 5.76 Å². The fraction of sp³-hybridized carbons (Fsp3) is 0.364. The van der Waals surface area contributed by atoms with Gasteiger partial charge in [-0.2, -0.15) is 0 Å². The summed E-state index contributed by atoms with van der Waals surface area (Å²) in [6.07, 6.45) is 2.76. The smallest absolute Gasteiger partial charge is 0.211 e. The lowest BCUT2D eigenvalue weighted by atomic mass is 10.2. The zero-order chi connectivity index (χ0) is 10.8. The summed E-state index contributed by atoms with van der Waals surface area (Å²) in [7, 11) is 0. The molecule has 0 spiro atoms. The minimum Gasteiger partial charge on any atom is -0.438 e. The molecule has 0 radical (unpaired) electrons. The molecule has 1 atom stereocenters. The number of nitrogens with zero attached hydrogens (tertiary/aromatic N) is 1. The molecule has 0 aliphatic rings. The van der Waals surface area contributed by atoms with E-state index in [1.165, 1.54) is 5.56 Å². The van der Waals surface area contributed by atoms with E-state index in [1.54, 1.807) is 17.5 Å². The summed E-state index contributed by atoms with van der Waals surface area (Å²) < 4.78 is 5.61. The fourth-order valence-corrected chi connectivity index (χ4v) is 2.38. The van der Waals surface area contributed by atoms with Crippen molar-refractivity contribution in [2.45, 2.75) is 26.3 Å². The van der Waals surface area contributed by atoms with Crippen LogP contribution in [0.5, 0.6) is 0 Å². The third-order valence-electron chi connectivity index (χ3n) is 2.26. The quantitative estimate of drug-likeness (QED) is 0.868. The van der Waals surface area contributed by atoms with Crippen LogP contribution in [0.3, 0.4) is 0 Å². The van der Waals surface area contributed by atoms with Crippen molar-refractivity contribution in [2.24, 2.45) is 5.73 Å². The lowest BCUT2D eigenvalue weighted by Gasteiger charge is -1.98. The Kier molecular flexibility index (Phi) is 2.88. The molecule has 2 aromatic heterocycles. The largest absolute Gasteiger partial charge is 0.438 e. The van der Waals surface area contributed by atoms with Gasteiger partial charge in [0.2, 0.25) is 5.89 Å². The van der Waals surface area contributed by atoms with Gasteiger partial charge in [0.05, 0.1) is 17.1 Å². The van der Waals surface area contributed by atoms with Gasteiger partial charge in [-0.1, -0.05) is 6.92 Å². The lowest BCUT2D eigenvalue weighted by Crippen LogP contribution is -2.04. The van der Waals surface area contributed by atoms with Crippen LogP contribution in [0.1, 0.15) is 31.3 Å². The van der Waals surface area contributed by atoms with Crippen molar-refractivity contribution >= 4 is 11.3 Å². The van der Waals surface area contributed by atoms with Crippen molar-refractivity contribution < 1.29 is 4.42 Å². The highest BCUT2D eigenvalue weighted by Crippen LogP contribution is 2.31. The summed E-state index contributed by atoms with van der Waals surface area (Å²) >= 11 is 1.68. The van der Waals surface area contributed by atoms with Crippen LogP contribution in [0, 0.1) is 0 Å². The molecule has 2 rings (SSSR count). The zero-order valence-corrected chi connectivity index (χ0v) is 9.67. The van der Waals surface area contributed by atoms with E-state index in [0.29, 0.717) is 5.89 Å². The molecule has 0 aromatic carbocycles. The van der Waals surface area contributed by atoms with Gasteiger partial charge < -0.3 is 10.2 Å². The molecule has 0 saturated carbocycles. The molecule has 2 aromatic rings. The number of hydrogen-bond donors (Lipinski definition) is 1. The highest BCUT2D eigenvalue weighted by molar-refractivity contribution is 7.13. The Morgan fingerprint density at radius 2 is 2.40 bits per heavy atom. The van der Waals surface area contributed by atoms with Crippen LogP contribution < -0.4 is 5.73 Å². The molecule has 0 amide bonds. The van der Waals surface area contributed by atoms with E-state index in [-0.39, 0.29) is 6.04 Å². The summed E-state index contributed by atoms with van der Waals surface area (Å²) in [5, 5.41) is 2.07. The molecule has 0 bridgehead atoms. The predicted molar refractivity (Wildman–Crippen MR) is 61.8 cm³/mol. The third-order valence-corrected chi connectivity index (χ3v) is 3.24. The van der Waals surface area contributed by atoms with Crippen molar-refractivity contribution in [3.05, 3.63) is 29.1 Å². The first-order chi connectivity index (χ1) is 7.22. The minimum atomic E-state index is -0.149. The summed E-state index contributed by atoms with van der Waals surface area (Å²) in [6, 6.07) is 1.97. The van der Waals surface area contributed by atoms with Crippen molar-refractivity contribution in [3.8, 4) is 10.6 Å². The molecule has 4 heteroatoms. The summed E-state index contributed by atoms with van der Waals surface area (Å²) in [6.45, 7) is 4.00. The monoisotopic (exact) mass is 222 g/mol. The third kappa shape index (κ3) is 1.96. The van der Waals surface area contributed by atoms with Crippen LogP contribution in [0.4, 0.5) is 0 Å².